The number of carboxylic acid groups (broad SMARTS) is 1. The van der Waals surface area contributed by atoms with Gasteiger partial charge < -0.3 is 9.90 Å². The Morgan fingerprint density at radius 2 is 1.88 bits per heavy atom. The van der Waals surface area contributed by atoms with E-state index in [2.05, 4.69) is 15.6 Å². The van der Waals surface area contributed by atoms with Crippen molar-refractivity contribution in [1.82, 2.24) is 9.78 Å². The summed E-state index contributed by atoms with van der Waals surface area (Å²) in [6, 6.07) is 16.2. The van der Waals surface area contributed by atoms with Gasteiger partial charge in [-0.25, -0.2) is 4.68 Å². The summed E-state index contributed by atoms with van der Waals surface area (Å²) in [5.74, 6) is -1.25. The maximum atomic E-state index is 11.1. The van der Waals surface area contributed by atoms with Crippen molar-refractivity contribution in [3.63, 3.8) is 0 Å². The van der Waals surface area contributed by atoms with Gasteiger partial charge in [-0.2, -0.15) is 10.2 Å². The van der Waals surface area contributed by atoms with E-state index in [0.29, 0.717) is 5.69 Å². The van der Waals surface area contributed by atoms with Crippen LogP contribution in [0.15, 0.2) is 65.9 Å². The van der Waals surface area contributed by atoms with E-state index in [1.807, 2.05) is 43.5 Å². The summed E-state index contributed by atoms with van der Waals surface area (Å²) in [5, 5.41) is 19.6. The number of aryl methyl sites for hydroxylation is 1. The molecule has 0 saturated heterocycles. The fourth-order valence-corrected chi connectivity index (χ4v) is 2.24. The van der Waals surface area contributed by atoms with Crippen LogP contribution in [0.2, 0.25) is 0 Å². The number of benzene rings is 2. The third-order valence-corrected chi connectivity index (χ3v) is 3.49. The van der Waals surface area contributed by atoms with E-state index in [4.69, 9.17) is 0 Å². The molecule has 120 valence electrons. The SMILES string of the molecule is Cc1nn(-c2ccccc2)cc1/C=N\Nc1ccccc1C(=O)[O-]. The lowest BCUT2D eigenvalue weighted by molar-refractivity contribution is -0.254. The Balaban J connectivity index is 1.79. The number of anilines is 1. The van der Waals surface area contributed by atoms with Crippen LogP contribution in [-0.4, -0.2) is 22.0 Å². The van der Waals surface area contributed by atoms with Crippen LogP contribution in [0.25, 0.3) is 5.69 Å². The molecule has 0 bridgehead atoms. The topological polar surface area (TPSA) is 82.3 Å². The molecule has 0 amide bonds. The van der Waals surface area contributed by atoms with E-state index in [9.17, 15) is 9.90 Å². The van der Waals surface area contributed by atoms with Crippen LogP contribution in [0, 0.1) is 6.92 Å². The van der Waals surface area contributed by atoms with Crippen molar-refractivity contribution < 1.29 is 9.90 Å². The van der Waals surface area contributed by atoms with Gasteiger partial charge in [0.15, 0.2) is 0 Å². The van der Waals surface area contributed by atoms with E-state index in [1.165, 1.54) is 6.07 Å². The molecule has 0 fully saturated rings. The molecule has 6 heteroatoms. The van der Waals surface area contributed by atoms with Gasteiger partial charge in [-0.1, -0.05) is 36.4 Å². The fraction of sp³-hybridized carbons (Fsp3) is 0.0556. The monoisotopic (exact) mass is 319 g/mol. The lowest BCUT2D eigenvalue weighted by Crippen LogP contribution is -2.23. The van der Waals surface area contributed by atoms with Crippen LogP contribution >= 0.6 is 0 Å². The molecular weight excluding hydrogens is 304 g/mol. The first-order chi connectivity index (χ1) is 11.6. The molecule has 3 rings (SSSR count). The first kappa shape index (κ1) is 15.5. The second kappa shape index (κ2) is 6.78. The van der Waals surface area contributed by atoms with Crippen molar-refractivity contribution in [2.24, 2.45) is 5.10 Å². The summed E-state index contributed by atoms with van der Waals surface area (Å²) >= 11 is 0. The van der Waals surface area contributed by atoms with Crippen LogP contribution in [0.4, 0.5) is 5.69 Å². The quantitative estimate of drug-likeness (QED) is 0.576. The molecule has 1 aromatic heterocycles. The minimum absolute atomic E-state index is 0.0614. The van der Waals surface area contributed by atoms with Gasteiger partial charge in [0.25, 0.3) is 0 Å². The van der Waals surface area contributed by atoms with E-state index < -0.39 is 5.97 Å². The average molecular weight is 319 g/mol. The van der Waals surface area contributed by atoms with Gasteiger partial charge in [0, 0.05) is 17.3 Å². The van der Waals surface area contributed by atoms with Crippen LogP contribution in [0.1, 0.15) is 21.6 Å². The number of carbonyl (C=O) groups excluding carboxylic acids is 1. The Labute approximate surface area is 139 Å². The molecule has 2 aromatic carbocycles. The van der Waals surface area contributed by atoms with Gasteiger partial charge in [-0.3, -0.25) is 5.43 Å². The van der Waals surface area contributed by atoms with Crippen molar-refractivity contribution in [2.75, 3.05) is 5.43 Å². The first-order valence-electron chi connectivity index (χ1n) is 7.36. The number of hydrogen-bond acceptors (Lipinski definition) is 5. The average Bonchev–Trinajstić information content (AvgIpc) is 2.97. The molecule has 0 saturated carbocycles. The summed E-state index contributed by atoms with van der Waals surface area (Å²) in [6.07, 6.45) is 3.47. The zero-order valence-electron chi connectivity index (χ0n) is 13.0. The predicted octanol–water partition coefficient (Wildman–Crippen LogP) is 1.99. The molecule has 6 nitrogen and oxygen atoms in total. The highest BCUT2D eigenvalue weighted by molar-refractivity contribution is 5.93. The van der Waals surface area contributed by atoms with E-state index in [1.54, 1.807) is 29.1 Å². The van der Waals surface area contributed by atoms with Crippen molar-refractivity contribution in [3.8, 4) is 5.69 Å². The lowest BCUT2D eigenvalue weighted by Gasteiger charge is -2.08. The Morgan fingerprint density at radius 1 is 1.17 bits per heavy atom. The molecule has 0 aliphatic carbocycles. The summed E-state index contributed by atoms with van der Waals surface area (Å²) in [7, 11) is 0. The number of para-hydroxylation sites is 2. The summed E-state index contributed by atoms with van der Waals surface area (Å²) in [5.41, 5.74) is 5.77. The van der Waals surface area contributed by atoms with Crippen LogP contribution in [0.3, 0.4) is 0 Å². The molecule has 1 N–H and O–H groups in total. The number of rotatable bonds is 5. The van der Waals surface area contributed by atoms with Gasteiger partial charge in [-0.05, 0) is 25.1 Å². The number of aromatic carboxylic acids is 1. The third kappa shape index (κ3) is 3.33. The highest BCUT2D eigenvalue weighted by Gasteiger charge is 2.04. The van der Waals surface area contributed by atoms with E-state index in [0.717, 1.165) is 16.9 Å². The van der Waals surface area contributed by atoms with E-state index >= 15 is 0 Å². The van der Waals surface area contributed by atoms with Gasteiger partial charge in [0.1, 0.15) is 0 Å². The number of nitrogens with zero attached hydrogens (tertiary/aromatic N) is 3. The van der Waals surface area contributed by atoms with Crippen LogP contribution < -0.4 is 10.5 Å². The minimum atomic E-state index is -1.25. The maximum absolute atomic E-state index is 11.1. The van der Waals surface area contributed by atoms with Crippen LogP contribution in [0.5, 0.6) is 0 Å². The number of hydrogen-bond donors (Lipinski definition) is 1. The van der Waals surface area contributed by atoms with Crippen molar-refractivity contribution in [3.05, 3.63) is 77.6 Å². The molecule has 0 aliphatic rings. The van der Waals surface area contributed by atoms with Crippen molar-refractivity contribution in [1.29, 1.82) is 0 Å². The standard InChI is InChI=1S/C18H16N4O2/c1-13-14(12-22(21-13)15-7-3-2-4-8-15)11-19-20-17-10-6-5-9-16(17)18(23)24/h2-12,20H,1H3,(H,23,24)/p-1/b19-11-. The number of carboxylic acids is 1. The Bertz CT molecular complexity index is 885. The number of carbonyl (C=O) groups is 1. The second-order valence-corrected chi connectivity index (χ2v) is 5.15. The molecular formula is C18H15N4O2-. The van der Waals surface area contributed by atoms with Crippen molar-refractivity contribution >= 4 is 17.9 Å². The van der Waals surface area contributed by atoms with E-state index in [-0.39, 0.29) is 5.56 Å². The van der Waals surface area contributed by atoms with Gasteiger partial charge in [-0.15, -0.1) is 0 Å². The molecule has 0 atom stereocenters. The third-order valence-electron chi connectivity index (χ3n) is 3.49. The van der Waals surface area contributed by atoms with Gasteiger partial charge in [0.2, 0.25) is 0 Å². The van der Waals surface area contributed by atoms with Gasteiger partial charge >= 0.3 is 0 Å². The predicted molar refractivity (Wildman–Crippen MR) is 90.3 cm³/mol. The first-order valence-corrected chi connectivity index (χ1v) is 7.36. The number of hydrazone groups is 1. The van der Waals surface area contributed by atoms with Crippen molar-refractivity contribution in [2.45, 2.75) is 6.92 Å². The van der Waals surface area contributed by atoms with Gasteiger partial charge in [0.05, 0.1) is 29.3 Å². The molecule has 0 radical (unpaired) electrons. The molecule has 0 aliphatic heterocycles. The highest BCUT2D eigenvalue weighted by atomic mass is 16.4. The van der Waals surface area contributed by atoms with Crippen LogP contribution in [-0.2, 0) is 0 Å². The maximum Gasteiger partial charge on any atom is 0.0736 e. The summed E-state index contributed by atoms with van der Waals surface area (Å²) in [6.45, 7) is 1.88. The normalized spacial score (nSPS) is 10.9. The zero-order chi connectivity index (χ0) is 16.9. The summed E-state index contributed by atoms with van der Waals surface area (Å²) < 4.78 is 1.77. The molecule has 24 heavy (non-hydrogen) atoms. The summed E-state index contributed by atoms with van der Waals surface area (Å²) in [4.78, 5) is 11.1. The second-order valence-electron chi connectivity index (χ2n) is 5.15. The number of nitrogens with one attached hydrogen (secondary N) is 1. The smallest absolute Gasteiger partial charge is 0.0736 e. The Hall–Kier alpha value is -3.41. The zero-order valence-corrected chi connectivity index (χ0v) is 13.0. The molecule has 1 heterocycles. The highest BCUT2D eigenvalue weighted by Crippen LogP contribution is 2.14. The largest absolute Gasteiger partial charge is 0.545 e. The number of aromatic nitrogens is 2. The molecule has 3 aromatic rings. The molecule has 0 spiro atoms. The Kier molecular flexibility index (Phi) is 4.38. The Morgan fingerprint density at radius 3 is 2.62 bits per heavy atom. The minimum Gasteiger partial charge on any atom is -0.545 e. The molecule has 0 unspecified atom stereocenters. The fourth-order valence-electron chi connectivity index (χ4n) is 2.24. The lowest BCUT2D eigenvalue weighted by atomic mass is 10.2.